The molecule has 1 aliphatic rings. The van der Waals surface area contributed by atoms with E-state index in [1.54, 1.807) is 6.92 Å². The summed E-state index contributed by atoms with van der Waals surface area (Å²) < 4.78 is 64.6. The summed E-state index contributed by atoms with van der Waals surface area (Å²) in [6.07, 6.45) is 3.30. The molecule has 25 heavy (non-hydrogen) atoms. The third-order valence-electron chi connectivity index (χ3n) is 4.60. The Labute approximate surface area is 145 Å². The largest absolute Gasteiger partial charge is 0.534 e. The lowest BCUT2D eigenvalue weighted by molar-refractivity contribution is -0.0500. The van der Waals surface area contributed by atoms with Crippen LogP contribution < -0.4 is 4.18 Å². The van der Waals surface area contributed by atoms with Gasteiger partial charge in [-0.15, -0.1) is 0 Å². The Balaban J connectivity index is 2.57. The van der Waals surface area contributed by atoms with Gasteiger partial charge in [0.15, 0.2) is 5.78 Å². The van der Waals surface area contributed by atoms with Crippen molar-refractivity contribution in [3.63, 3.8) is 0 Å². The lowest BCUT2D eigenvalue weighted by Crippen LogP contribution is -2.28. The molecular formula is C17H21F3O4S. The standard InChI is InChI=1S/C17H21F3O4S/c1-4-6-16(7-5-2)10-14(21)15-11(3)8-12(9-13(15)16)24-25(22,23)17(18,19)20/h8-9H,4-7,10H2,1-3H3. The summed E-state index contributed by atoms with van der Waals surface area (Å²) in [6, 6.07) is 2.47. The van der Waals surface area contributed by atoms with Gasteiger partial charge < -0.3 is 4.18 Å². The maximum absolute atomic E-state index is 12.6. The van der Waals surface area contributed by atoms with E-state index in [9.17, 15) is 26.4 Å². The average Bonchev–Trinajstić information content (AvgIpc) is 2.71. The fraction of sp³-hybridized carbons (Fsp3) is 0.588. The minimum atomic E-state index is -5.75. The van der Waals surface area contributed by atoms with Crippen LogP contribution in [0, 0.1) is 6.92 Å². The molecule has 0 saturated carbocycles. The van der Waals surface area contributed by atoms with E-state index >= 15 is 0 Å². The summed E-state index contributed by atoms with van der Waals surface area (Å²) in [5, 5.41) is 0. The summed E-state index contributed by atoms with van der Waals surface area (Å²) in [4.78, 5) is 12.5. The van der Waals surface area contributed by atoms with Crippen LogP contribution in [0.1, 0.15) is 67.4 Å². The SMILES string of the molecule is CCCC1(CCC)CC(=O)c2c(C)cc(OS(=O)(=O)C(F)(F)F)cc21. The summed E-state index contributed by atoms with van der Waals surface area (Å²) in [5.41, 5.74) is -4.45. The van der Waals surface area contributed by atoms with Gasteiger partial charge in [0.1, 0.15) is 5.75 Å². The van der Waals surface area contributed by atoms with Crippen LogP contribution in [-0.4, -0.2) is 19.7 Å². The number of halogens is 3. The van der Waals surface area contributed by atoms with Gasteiger partial charge in [0.2, 0.25) is 0 Å². The third-order valence-corrected chi connectivity index (χ3v) is 5.58. The van der Waals surface area contributed by atoms with Crippen LogP contribution in [-0.2, 0) is 15.5 Å². The van der Waals surface area contributed by atoms with E-state index in [1.165, 1.54) is 12.1 Å². The van der Waals surface area contributed by atoms with Crippen molar-refractivity contribution >= 4 is 15.9 Å². The van der Waals surface area contributed by atoms with E-state index in [2.05, 4.69) is 4.18 Å². The highest BCUT2D eigenvalue weighted by Gasteiger charge is 2.49. The first kappa shape index (κ1) is 19.8. The number of benzene rings is 1. The second-order valence-electron chi connectivity index (χ2n) is 6.53. The minimum absolute atomic E-state index is 0.0559. The number of aryl methyl sites for hydroxylation is 1. The van der Waals surface area contributed by atoms with Crippen molar-refractivity contribution in [3.05, 3.63) is 28.8 Å². The molecule has 140 valence electrons. The Bertz CT molecular complexity index is 776. The Hall–Kier alpha value is -1.57. The lowest BCUT2D eigenvalue weighted by atomic mass is 9.74. The number of carbonyl (C=O) groups excluding carboxylic acids is 1. The second kappa shape index (κ2) is 6.63. The van der Waals surface area contributed by atoms with Crippen molar-refractivity contribution in [2.24, 2.45) is 0 Å². The highest BCUT2D eigenvalue weighted by Crippen LogP contribution is 2.48. The van der Waals surface area contributed by atoms with E-state index in [0.29, 0.717) is 36.0 Å². The fourth-order valence-corrected chi connectivity index (χ4v) is 4.23. The zero-order valence-electron chi connectivity index (χ0n) is 14.4. The molecule has 0 heterocycles. The van der Waals surface area contributed by atoms with Gasteiger partial charge in [0.05, 0.1) is 0 Å². The van der Waals surface area contributed by atoms with Crippen molar-refractivity contribution in [2.75, 3.05) is 0 Å². The molecule has 0 aromatic heterocycles. The summed E-state index contributed by atoms with van der Waals surface area (Å²) in [5.74, 6) is -0.459. The summed E-state index contributed by atoms with van der Waals surface area (Å²) in [6.45, 7) is 5.53. The fourth-order valence-electron chi connectivity index (χ4n) is 3.78. The summed E-state index contributed by atoms with van der Waals surface area (Å²) in [7, 11) is -5.75. The molecule has 0 bridgehead atoms. The first-order valence-corrected chi connectivity index (χ1v) is 9.57. The van der Waals surface area contributed by atoms with Crippen molar-refractivity contribution in [1.82, 2.24) is 0 Å². The molecule has 0 aliphatic heterocycles. The lowest BCUT2D eigenvalue weighted by Gasteiger charge is -2.29. The molecule has 0 amide bonds. The molecule has 0 spiro atoms. The number of hydrogen-bond acceptors (Lipinski definition) is 4. The van der Waals surface area contributed by atoms with Crippen LogP contribution in [0.25, 0.3) is 0 Å². The Kier molecular flexibility index (Phi) is 5.23. The van der Waals surface area contributed by atoms with Crippen LogP contribution in [0.2, 0.25) is 0 Å². The van der Waals surface area contributed by atoms with E-state index in [0.717, 1.165) is 12.8 Å². The van der Waals surface area contributed by atoms with Crippen molar-refractivity contribution in [1.29, 1.82) is 0 Å². The Morgan fingerprint density at radius 2 is 1.72 bits per heavy atom. The van der Waals surface area contributed by atoms with E-state index in [4.69, 9.17) is 0 Å². The van der Waals surface area contributed by atoms with Crippen LogP contribution in [0.5, 0.6) is 5.75 Å². The van der Waals surface area contributed by atoms with Gasteiger partial charge in [-0.1, -0.05) is 26.7 Å². The predicted octanol–water partition coefficient (Wildman–Crippen LogP) is 4.65. The number of fused-ring (bicyclic) bond motifs is 1. The highest BCUT2D eigenvalue weighted by molar-refractivity contribution is 7.88. The number of carbonyl (C=O) groups is 1. The predicted molar refractivity (Wildman–Crippen MR) is 87.2 cm³/mol. The normalized spacial score (nSPS) is 16.8. The van der Waals surface area contributed by atoms with Gasteiger partial charge in [0.25, 0.3) is 0 Å². The maximum atomic E-state index is 12.6. The van der Waals surface area contributed by atoms with Crippen molar-refractivity contribution in [3.8, 4) is 5.75 Å². The smallest absolute Gasteiger partial charge is 0.376 e. The Morgan fingerprint density at radius 1 is 1.16 bits per heavy atom. The van der Waals surface area contributed by atoms with Crippen LogP contribution in [0.3, 0.4) is 0 Å². The number of rotatable bonds is 6. The highest BCUT2D eigenvalue weighted by atomic mass is 32.2. The van der Waals surface area contributed by atoms with Gasteiger partial charge in [-0.05, 0) is 43.0 Å². The van der Waals surface area contributed by atoms with E-state index in [-0.39, 0.29) is 5.78 Å². The van der Waals surface area contributed by atoms with Gasteiger partial charge in [0, 0.05) is 17.4 Å². The average molecular weight is 378 g/mol. The van der Waals surface area contributed by atoms with Crippen LogP contribution in [0.4, 0.5) is 13.2 Å². The molecule has 0 radical (unpaired) electrons. The van der Waals surface area contributed by atoms with Gasteiger partial charge in [-0.3, -0.25) is 4.79 Å². The molecule has 0 atom stereocenters. The van der Waals surface area contributed by atoms with Crippen molar-refractivity contribution in [2.45, 2.75) is 63.8 Å². The Morgan fingerprint density at radius 3 is 2.20 bits per heavy atom. The maximum Gasteiger partial charge on any atom is 0.534 e. The topological polar surface area (TPSA) is 60.4 Å². The van der Waals surface area contributed by atoms with Gasteiger partial charge in [-0.25, -0.2) is 0 Å². The second-order valence-corrected chi connectivity index (χ2v) is 8.06. The number of alkyl halides is 3. The molecule has 0 N–H and O–H groups in total. The molecule has 8 heteroatoms. The summed E-state index contributed by atoms with van der Waals surface area (Å²) >= 11 is 0. The van der Waals surface area contributed by atoms with Gasteiger partial charge in [-0.2, -0.15) is 21.6 Å². The van der Waals surface area contributed by atoms with E-state index < -0.39 is 26.8 Å². The monoisotopic (exact) mass is 378 g/mol. The van der Waals surface area contributed by atoms with Crippen molar-refractivity contribution < 1.29 is 30.6 Å². The molecule has 4 nitrogen and oxygen atoms in total. The zero-order valence-corrected chi connectivity index (χ0v) is 15.2. The molecule has 1 aromatic carbocycles. The molecule has 2 rings (SSSR count). The first-order chi connectivity index (χ1) is 11.5. The number of Topliss-reactive ketones (excluding diaryl/α,β-unsaturated/α-hetero) is 1. The molecule has 0 fully saturated rings. The van der Waals surface area contributed by atoms with Crippen LogP contribution in [0.15, 0.2) is 12.1 Å². The third kappa shape index (κ3) is 3.54. The van der Waals surface area contributed by atoms with Gasteiger partial charge >= 0.3 is 15.6 Å². The quantitative estimate of drug-likeness (QED) is 0.534. The number of ketones is 1. The molecule has 1 aliphatic carbocycles. The van der Waals surface area contributed by atoms with E-state index in [1.807, 2.05) is 13.8 Å². The minimum Gasteiger partial charge on any atom is -0.376 e. The molecule has 0 unspecified atom stereocenters. The molecular weight excluding hydrogens is 357 g/mol. The van der Waals surface area contributed by atoms with Crippen LogP contribution >= 0.6 is 0 Å². The molecule has 0 saturated heterocycles. The zero-order chi connectivity index (χ0) is 19.0. The molecule has 1 aromatic rings. The first-order valence-electron chi connectivity index (χ1n) is 8.16. The number of hydrogen-bond donors (Lipinski definition) is 0.